The van der Waals surface area contributed by atoms with Crippen molar-refractivity contribution in [2.45, 2.75) is 19.8 Å². The van der Waals surface area contributed by atoms with Crippen molar-refractivity contribution in [3.8, 4) is 0 Å². The molecule has 2 saturated heterocycles. The summed E-state index contributed by atoms with van der Waals surface area (Å²) in [5.41, 5.74) is 0. The van der Waals surface area contributed by atoms with Crippen molar-refractivity contribution in [2.24, 2.45) is 11.8 Å². The first-order valence-corrected chi connectivity index (χ1v) is 5.26. The standard InChI is InChI=1S/C10H15N3O/c1-6-3-13-4-8(6)9(5-13)10-11-7(2)12-14-10/h6,8-9H,3-5H2,1-2H3. The van der Waals surface area contributed by atoms with Crippen molar-refractivity contribution < 1.29 is 4.52 Å². The molecular formula is C10H15N3O. The summed E-state index contributed by atoms with van der Waals surface area (Å²) in [5, 5.41) is 3.87. The lowest BCUT2D eigenvalue weighted by Gasteiger charge is -2.24. The third kappa shape index (κ3) is 1.10. The number of rotatable bonds is 1. The van der Waals surface area contributed by atoms with Crippen molar-refractivity contribution in [3.63, 3.8) is 0 Å². The Morgan fingerprint density at radius 1 is 1.36 bits per heavy atom. The van der Waals surface area contributed by atoms with Gasteiger partial charge in [-0.2, -0.15) is 4.98 Å². The van der Waals surface area contributed by atoms with Crippen LogP contribution in [0.1, 0.15) is 24.6 Å². The highest BCUT2D eigenvalue weighted by molar-refractivity contribution is 5.07. The molecule has 4 heteroatoms. The Bertz CT molecular complexity index is 349. The van der Waals surface area contributed by atoms with Crippen LogP contribution in [0.3, 0.4) is 0 Å². The fourth-order valence-electron chi connectivity index (χ4n) is 2.91. The molecule has 0 radical (unpaired) electrons. The van der Waals surface area contributed by atoms with Crippen LogP contribution in [-0.4, -0.2) is 34.7 Å². The summed E-state index contributed by atoms with van der Waals surface area (Å²) in [5.74, 6) is 3.60. The fourth-order valence-corrected chi connectivity index (χ4v) is 2.91. The van der Waals surface area contributed by atoms with E-state index in [9.17, 15) is 0 Å². The molecule has 3 rings (SSSR count). The van der Waals surface area contributed by atoms with E-state index >= 15 is 0 Å². The molecule has 0 aliphatic carbocycles. The topological polar surface area (TPSA) is 42.2 Å². The maximum atomic E-state index is 5.26. The predicted octanol–water partition coefficient (Wildman–Crippen LogP) is 1.04. The Labute approximate surface area is 83.3 Å². The third-order valence-corrected chi connectivity index (χ3v) is 3.58. The van der Waals surface area contributed by atoms with Crippen LogP contribution in [0.25, 0.3) is 0 Å². The number of piperidine rings is 1. The van der Waals surface area contributed by atoms with Crippen molar-refractivity contribution in [1.29, 1.82) is 0 Å². The van der Waals surface area contributed by atoms with Crippen LogP contribution in [0.5, 0.6) is 0 Å². The van der Waals surface area contributed by atoms with E-state index in [1.165, 1.54) is 13.1 Å². The first-order valence-electron chi connectivity index (χ1n) is 5.26. The Morgan fingerprint density at radius 2 is 2.21 bits per heavy atom. The lowest BCUT2D eigenvalue weighted by atomic mass is 9.85. The maximum absolute atomic E-state index is 5.26. The second-order valence-electron chi connectivity index (χ2n) is 4.65. The third-order valence-electron chi connectivity index (χ3n) is 3.58. The van der Waals surface area contributed by atoms with Gasteiger partial charge in [-0.15, -0.1) is 0 Å². The predicted molar refractivity (Wildman–Crippen MR) is 50.9 cm³/mol. The average molecular weight is 193 g/mol. The van der Waals surface area contributed by atoms with Gasteiger partial charge in [0.05, 0.1) is 5.92 Å². The van der Waals surface area contributed by atoms with Crippen LogP contribution in [0.4, 0.5) is 0 Å². The van der Waals surface area contributed by atoms with Gasteiger partial charge >= 0.3 is 0 Å². The minimum Gasteiger partial charge on any atom is -0.339 e. The van der Waals surface area contributed by atoms with E-state index in [0.29, 0.717) is 5.92 Å². The molecule has 1 aromatic heterocycles. The number of aryl methyl sites for hydroxylation is 1. The molecule has 1 aromatic rings. The van der Waals surface area contributed by atoms with Gasteiger partial charge in [-0.05, 0) is 18.8 Å². The van der Waals surface area contributed by atoms with E-state index in [1.54, 1.807) is 0 Å². The van der Waals surface area contributed by atoms with Crippen LogP contribution in [0, 0.1) is 18.8 Å². The number of fused-ring (bicyclic) bond motifs is 2. The molecular weight excluding hydrogens is 178 g/mol. The molecule has 0 N–H and O–H groups in total. The summed E-state index contributed by atoms with van der Waals surface area (Å²) in [6.07, 6.45) is 0. The number of hydrogen-bond donors (Lipinski definition) is 0. The van der Waals surface area contributed by atoms with Gasteiger partial charge in [-0.1, -0.05) is 12.1 Å². The molecule has 2 aliphatic heterocycles. The van der Waals surface area contributed by atoms with Crippen LogP contribution in [0.15, 0.2) is 4.52 Å². The summed E-state index contributed by atoms with van der Waals surface area (Å²) < 4.78 is 5.26. The van der Waals surface area contributed by atoms with E-state index in [1.807, 2.05) is 6.92 Å². The molecule has 4 nitrogen and oxygen atoms in total. The van der Waals surface area contributed by atoms with Gasteiger partial charge in [0.15, 0.2) is 5.82 Å². The SMILES string of the molecule is Cc1noc(C2CN3CC(C)C2C3)n1. The van der Waals surface area contributed by atoms with Gasteiger partial charge in [0, 0.05) is 19.6 Å². The van der Waals surface area contributed by atoms with Crippen molar-refractivity contribution >= 4 is 0 Å². The first kappa shape index (κ1) is 8.41. The van der Waals surface area contributed by atoms with Gasteiger partial charge in [-0.3, -0.25) is 0 Å². The minimum absolute atomic E-state index is 0.486. The molecule has 3 heterocycles. The molecule has 4 atom stereocenters. The van der Waals surface area contributed by atoms with Crippen molar-refractivity contribution in [2.75, 3.05) is 19.6 Å². The lowest BCUT2D eigenvalue weighted by Crippen LogP contribution is -2.27. The lowest BCUT2D eigenvalue weighted by molar-refractivity contribution is 0.246. The summed E-state index contributed by atoms with van der Waals surface area (Å²) in [4.78, 5) is 6.84. The molecule has 2 bridgehead atoms. The van der Waals surface area contributed by atoms with Gasteiger partial charge in [0.2, 0.25) is 5.89 Å². The zero-order valence-corrected chi connectivity index (χ0v) is 8.60. The summed E-state index contributed by atoms with van der Waals surface area (Å²) in [6, 6.07) is 0. The molecule has 14 heavy (non-hydrogen) atoms. The van der Waals surface area contributed by atoms with Crippen LogP contribution < -0.4 is 0 Å². The second-order valence-corrected chi connectivity index (χ2v) is 4.65. The maximum Gasteiger partial charge on any atom is 0.231 e. The molecule has 2 fully saturated rings. The molecule has 4 unspecified atom stereocenters. The molecule has 2 aliphatic rings. The average Bonchev–Trinajstić information content (AvgIpc) is 2.77. The van der Waals surface area contributed by atoms with Crippen LogP contribution in [0.2, 0.25) is 0 Å². The Morgan fingerprint density at radius 3 is 2.79 bits per heavy atom. The van der Waals surface area contributed by atoms with E-state index in [4.69, 9.17) is 4.52 Å². The first-order chi connectivity index (χ1) is 6.74. The highest BCUT2D eigenvalue weighted by atomic mass is 16.5. The van der Waals surface area contributed by atoms with Crippen LogP contribution in [-0.2, 0) is 0 Å². The van der Waals surface area contributed by atoms with E-state index in [0.717, 1.165) is 30.1 Å². The Kier molecular flexibility index (Phi) is 1.68. The van der Waals surface area contributed by atoms with Crippen LogP contribution >= 0.6 is 0 Å². The number of nitrogens with zero attached hydrogens (tertiary/aromatic N) is 3. The van der Waals surface area contributed by atoms with E-state index in [-0.39, 0.29) is 0 Å². The molecule has 76 valence electrons. The van der Waals surface area contributed by atoms with Crippen molar-refractivity contribution in [3.05, 3.63) is 11.7 Å². The highest BCUT2D eigenvalue weighted by Crippen LogP contribution is 2.42. The zero-order valence-electron chi connectivity index (χ0n) is 8.60. The minimum atomic E-state index is 0.486. The largest absolute Gasteiger partial charge is 0.339 e. The fraction of sp³-hybridized carbons (Fsp3) is 0.800. The second kappa shape index (κ2) is 2.79. The monoisotopic (exact) mass is 193 g/mol. The highest BCUT2D eigenvalue weighted by Gasteiger charge is 2.45. The molecule has 0 spiro atoms. The van der Waals surface area contributed by atoms with Crippen molar-refractivity contribution in [1.82, 2.24) is 15.0 Å². The number of aromatic nitrogens is 2. The number of hydrogen-bond acceptors (Lipinski definition) is 4. The van der Waals surface area contributed by atoms with E-state index in [2.05, 4.69) is 22.0 Å². The Balaban J connectivity index is 1.87. The van der Waals surface area contributed by atoms with Gasteiger partial charge in [0.1, 0.15) is 0 Å². The quantitative estimate of drug-likeness (QED) is 0.668. The summed E-state index contributed by atoms with van der Waals surface area (Å²) >= 11 is 0. The zero-order chi connectivity index (χ0) is 9.71. The Hall–Kier alpha value is -0.900. The summed E-state index contributed by atoms with van der Waals surface area (Å²) in [6.45, 7) is 7.77. The van der Waals surface area contributed by atoms with Gasteiger partial charge < -0.3 is 9.42 Å². The molecule has 0 saturated carbocycles. The van der Waals surface area contributed by atoms with E-state index < -0.39 is 0 Å². The smallest absolute Gasteiger partial charge is 0.231 e. The normalized spacial score (nSPS) is 40.7. The van der Waals surface area contributed by atoms with Gasteiger partial charge in [-0.25, -0.2) is 0 Å². The van der Waals surface area contributed by atoms with Gasteiger partial charge in [0.25, 0.3) is 0 Å². The summed E-state index contributed by atoms with van der Waals surface area (Å²) in [7, 11) is 0. The molecule has 0 amide bonds. The molecule has 0 aromatic carbocycles.